The van der Waals surface area contributed by atoms with Gasteiger partial charge in [-0.15, -0.1) is 0 Å². The Balaban J connectivity index is 2.80. The molecule has 94 valence electrons. The lowest BCUT2D eigenvalue weighted by Gasteiger charge is -2.17. The Morgan fingerprint density at radius 1 is 1.29 bits per heavy atom. The van der Waals surface area contributed by atoms with Crippen molar-refractivity contribution < 1.29 is 9.53 Å². The second-order valence-electron chi connectivity index (χ2n) is 4.69. The van der Waals surface area contributed by atoms with E-state index in [0.717, 1.165) is 11.3 Å². The number of hydrogen-bond donors (Lipinski definition) is 1. The summed E-state index contributed by atoms with van der Waals surface area (Å²) >= 11 is 0. The standard InChI is InChI=1S/C14H21NO2/c1-9(2)11(4)15-14(16)12-6-7-13(17-5)10(3)8-12/h6-9,11H,1-5H3,(H,15,16)/t11-/m1/s1. The topological polar surface area (TPSA) is 38.3 Å². The van der Waals surface area contributed by atoms with E-state index in [1.807, 2.05) is 26.0 Å². The van der Waals surface area contributed by atoms with Crippen LogP contribution in [0.2, 0.25) is 0 Å². The molecule has 1 atom stereocenters. The Hall–Kier alpha value is -1.51. The van der Waals surface area contributed by atoms with Gasteiger partial charge in [-0.3, -0.25) is 4.79 Å². The monoisotopic (exact) mass is 235 g/mol. The van der Waals surface area contributed by atoms with Gasteiger partial charge < -0.3 is 10.1 Å². The average Bonchev–Trinajstić information content (AvgIpc) is 2.28. The number of carbonyl (C=O) groups excluding carboxylic acids is 1. The molecule has 0 heterocycles. The van der Waals surface area contributed by atoms with Gasteiger partial charge in [0.25, 0.3) is 5.91 Å². The van der Waals surface area contributed by atoms with E-state index in [2.05, 4.69) is 19.2 Å². The maximum Gasteiger partial charge on any atom is 0.251 e. The maximum atomic E-state index is 12.0. The maximum absolute atomic E-state index is 12.0. The van der Waals surface area contributed by atoms with E-state index in [0.29, 0.717) is 11.5 Å². The zero-order valence-corrected chi connectivity index (χ0v) is 11.2. The first-order chi connectivity index (χ1) is 7.95. The molecule has 0 aliphatic carbocycles. The predicted octanol–water partition coefficient (Wildman–Crippen LogP) is 2.78. The smallest absolute Gasteiger partial charge is 0.251 e. The van der Waals surface area contributed by atoms with Gasteiger partial charge in [0.15, 0.2) is 0 Å². The van der Waals surface area contributed by atoms with Crippen LogP contribution in [-0.2, 0) is 0 Å². The molecule has 3 heteroatoms. The number of amides is 1. The summed E-state index contributed by atoms with van der Waals surface area (Å²) in [5, 5.41) is 2.98. The largest absolute Gasteiger partial charge is 0.496 e. The highest BCUT2D eigenvalue weighted by Crippen LogP contribution is 2.18. The molecule has 17 heavy (non-hydrogen) atoms. The summed E-state index contributed by atoms with van der Waals surface area (Å²) in [4.78, 5) is 12.0. The fourth-order valence-corrected chi connectivity index (χ4v) is 1.48. The molecule has 0 fully saturated rings. The number of benzene rings is 1. The van der Waals surface area contributed by atoms with Gasteiger partial charge in [-0.25, -0.2) is 0 Å². The van der Waals surface area contributed by atoms with E-state index >= 15 is 0 Å². The molecule has 1 rings (SSSR count). The Morgan fingerprint density at radius 2 is 1.94 bits per heavy atom. The third kappa shape index (κ3) is 3.48. The summed E-state index contributed by atoms with van der Waals surface area (Å²) in [5.74, 6) is 1.20. The summed E-state index contributed by atoms with van der Waals surface area (Å²) in [5.41, 5.74) is 1.65. The lowest BCUT2D eigenvalue weighted by molar-refractivity contribution is 0.0930. The van der Waals surface area contributed by atoms with E-state index in [1.165, 1.54) is 0 Å². The van der Waals surface area contributed by atoms with Gasteiger partial charge in [-0.2, -0.15) is 0 Å². The fourth-order valence-electron chi connectivity index (χ4n) is 1.48. The van der Waals surface area contributed by atoms with Gasteiger partial charge in [0, 0.05) is 11.6 Å². The van der Waals surface area contributed by atoms with E-state index in [-0.39, 0.29) is 11.9 Å². The van der Waals surface area contributed by atoms with E-state index in [1.54, 1.807) is 13.2 Å². The van der Waals surface area contributed by atoms with Crippen molar-refractivity contribution in [2.45, 2.75) is 33.7 Å². The molecule has 0 bridgehead atoms. The second kappa shape index (κ2) is 5.71. The Morgan fingerprint density at radius 3 is 2.41 bits per heavy atom. The molecule has 0 aromatic heterocycles. The van der Waals surface area contributed by atoms with Crippen LogP contribution in [0.5, 0.6) is 5.75 Å². The highest BCUT2D eigenvalue weighted by molar-refractivity contribution is 5.94. The van der Waals surface area contributed by atoms with Crippen molar-refractivity contribution in [2.75, 3.05) is 7.11 Å². The van der Waals surface area contributed by atoms with Crippen LogP contribution >= 0.6 is 0 Å². The van der Waals surface area contributed by atoms with Crippen LogP contribution in [0, 0.1) is 12.8 Å². The minimum Gasteiger partial charge on any atom is -0.496 e. The Bertz CT molecular complexity index is 399. The average molecular weight is 235 g/mol. The summed E-state index contributed by atoms with van der Waals surface area (Å²) in [6.07, 6.45) is 0. The SMILES string of the molecule is COc1ccc(C(=O)N[C@H](C)C(C)C)cc1C. The van der Waals surface area contributed by atoms with Crippen LogP contribution < -0.4 is 10.1 Å². The molecule has 1 aromatic rings. The van der Waals surface area contributed by atoms with Crippen LogP contribution in [0.15, 0.2) is 18.2 Å². The van der Waals surface area contributed by atoms with E-state index in [4.69, 9.17) is 4.74 Å². The third-order valence-corrected chi connectivity index (χ3v) is 3.02. The summed E-state index contributed by atoms with van der Waals surface area (Å²) in [6.45, 7) is 8.12. The van der Waals surface area contributed by atoms with Crippen LogP contribution in [0.3, 0.4) is 0 Å². The first-order valence-corrected chi connectivity index (χ1v) is 5.91. The molecule has 0 saturated heterocycles. The van der Waals surface area contributed by atoms with Crippen molar-refractivity contribution in [3.63, 3.8) is 0 Å². The van der Waals surface area contributed by atoms with Gasteiger partial charge in [0.2, 0.25) is 0 Å². The molecular formula is C14H21NO2. The summed E-state index contributed by atoms with van der Waals surface area (Å²) in [6, 6.07) is 5.63. The van der Waals surface area contributed by atoms with E-state index < -0.39 is 0 Å². The third-order valence-electron chi connectivity index (χ3n) is 3.02. The molecule has 0 radical (unpaired) electrons. The molecule has 0 aliphatic rings. The van der Waals surface area contributed by atoms with Crippen LogP contribution in [0.1, 0.15) is 36.7 Å². The number of ether oxygens (including phenoxy) is 1. The first kappa shape index (κ1) is 13.6. The van der Waals surface area contributed by atoms with Crippen molar-refractivity contribution in [3.05, 3.63) is 29.3 Å². The minimum absolute atomic E-state index is 0.0306. The summed E-state index contributed by atoms with van der Waals surface area (Å²) < 4.78 is 5.17. The quantitative estimate of drug-likeness (QED) is 0.871. The fraction of sp³-hybridized carbons (Fsp3) is 0.500. The minimum atomic E-state index is -0.0306. The number of nitrogens with one attached hydrogen (secondary N) is 1. The molecular weight excluding hydrogens is 214 g/mol. The molecule has 1 aromatic carbocycles. The zero-order valence-electron chi connectivity index (χ0n) is 11.2. The van der Waals surface area contributed by atoms with Gasteiger partial charge in [0.1, 0.15) is 5.75 Å². The van der Waals surface area contributed by atoms with Crippen LogP contribution in [-0.4, -0.2) is 19.1 Å². The van der Waals surface area contributed by atoms with Crippen LogP contribution in [0.4, 0.5) is 0 Å². The summed E-state index contributed by atoms with van der Waals surface area (Å²) in [7, 11) is 1.63. The van der Waals surface area contributed by atoms with Gasteiger partial charge in [-0.05, 0) is 43.5 Å². The van der Waals surface area contributed by atoms with Crippen molar-refractivity contribution in [3.8, 4) is 5.75 Å². The van der Waals surface area contributed by atoms with Crippen molar-refractivity contribution >= 4 is 5.91 Å². The number of carbonyl (C=O) groups is 1. The number of rotatable bonds is 4. The number of methoxy groups -OCH3 is 1. The van der Waals surface area contributed by atoms with Gasteiger partial charge in [-0.1, -0.05) is 13.8 Å². The number of hydrogen-bond acceptors (Lipinski definition) is 2. The normalized spacial score (nSPS) is 12.4. The molecule has 1 N–H and O–H groups in total. The first-order valence-electron chi connectivity index (χ1n) is 5.91. The predicted molar refractivity (Wildman–Crippen MR) is 69.5 cm³/mol. The van der Waals surface area contributed by atoms with Gasteiger partial charge in [0.05, 0.1) is 7.11 Å². The highest BCUT2D eigenvalue weighted by atomic mass is 16.5. The molecule has 1 amide bonds. The van der Waals surface area contributed by atoms with Crippen molar-refractivity contribution in [1.82, 2.24) is 5.32 Å². The Labute approximate surface area is 103 Å². The van der Waals surface area contributed by atoms with Crippen molar-refractivity contribution in [2.24, 2.45) is 5.92 Å². The zero-order chi connectivity index (χ0) is 13.0. The van der Waals surface area contributed by atoms with E-state index in [9.17, 15) is 4.79 Å². The van der Waals surface area contributed by atoms with Gasteiger partial charge >= 0.3 is 0 Å². The Kier molecular flexibility index (Phi) is 4.55. The molecule has 3 nitrogen and oxygen atoms in total. The lowest BCUT2D eigenvalue weighted by Crippen LogP contribution is -2.36. The molecule has 0 unspecified atom stereocenters. The van der Waals surface area contributed by atoms with Crippen LogP contribution in [0.25, 0.3) is 0 Å². The second-order valence-corrected chi connectivity index (χ2v) is 4.69. The lowest BCUT2D eigenvalue weighted by atomic mass is 10.1. The highest BCUT2D eigenvalue weighted by Gasteiger charge is 2.13. The number of aryl methyl sites for hydroxylation is 1. The molecule has 0 spiro atoms. The molecule has 0 aliphatic heterocycles. The molecule has 0 saturated carbocycles. The van der Waals surface area contributed by atoms with Crippen molar-refractivity contribution in [1.29, 1.82) is 0 Å².